The summed E-state index contributed by atoms with van der Waals surface area (Å²) in [6.45, 7) is 3.37. The summed E-state index contributed by atoms with van der Waals surface area (Å²) < 4.78 is 43.5. The molecule has 0 bridgehead atoms. The number of pyridine rings is 1. The van der Waals surface area contributed by atoms with Crippen LogP contribution in [0.25, 0.3) is 0 Å². The van der Waals surface area contributed by atoms with E-state index in [9.17, 15) is 22.8 Å². The van der Waals surface area contributed by atoms with Crippen LogP contribution in [0.2, 0.25) is 0 Å². The number of nitrogens with one attached hydrogen (secondary N) is 1. The van der Waals surface area contributed by atoms with E-state index in [4.69, 9.17) is 19.4 Å². The number of rotatable bonds is 6. The monoisotopic (exact) mass is 549 g/mol. The highest BCUT2D eigenvalue weighted by Crippen LogP contribution is 2.41. The van der Waals surface area contributed by atoms with Crippen molar-refractivity contribution < 1.29 is 42.1 Å². The van der Waals surface area contributed by atoms with Gasteiger partial charge in [0.1, 0.15) is 11.4 Å². The maximum Gasteiger partial charge on any atom is 0.490 e. The molecule has 0 radical (unpaired) electrons. The fraction of sp³-hybridized carbons (Fsp3) is 0.481. The molecule has 1 aromatic heterocycles. The number of hydrogen-bond acceptors (Lipinski definition) is 6. The molecule has 12 heteroatoms. The quantitative estimate of drug-likeness (QED) is 0.569. The second-order valence-electron chi connectivity index (χ2n) is 9.80. The lowest BCUT2D eigenvalue weighted by Crippen LogP contribution is -2.66. The van der Waals surface area contributed by atoms with Gasteiger partial charge in [0.25, 0.3) is 5.91 Å². The maximum atomic E-state index is 12.8. The van der Waals surface area contributed by atoms with Gasteiger partial charge in [0.15, 0.2) is 0 Å². The third kappa shape index (κ3) is 7.05. The van der Waals surface area contributed by atoms with Crippen LogP contribution in [0.15, 0.2) is 42.7 Å². The Kier molecular flexibility index (Phi) is 8.73. The van der Waals surface area contributed by atoms with E-state index in [1.165, 1.54) is 5.56 Å². The molecule has 9 nitrogen and oxygen atoms in total. The van der Waals surface area contributed by atoms with E-state index in [0.717, 1.165) is 50.2 Å². The van der Waals surface area contributed by atoms with Crippen LogP contribution in [0.5, 0.6) is 5.75 Å². The Bertz CT molecular complexity index is 1190. The number of carbonyl (C=O) groups is 3. The largest absolute Gasteiger partial charge is 0.493 e. The molecule has 3 aliphatic heterocycles. The van der Waals surface area contributed by atoms with Gasteiger partial charge in [-0.05, 0) is 60.9 Å². The zero-order chi connectivity index (χ0) is 28.0. The summed E-state index contributed by atoms with van der Waals surface area (Å²) in [6.07, 6.45) is 2.43. The standard InChI is InChI=1S/C25H29N3O4.C2HF3O2/c29-23(15-18-3-4-22-20(14-18)2-1-12-31-22)28-16-25(17-28)21(8-13-32-25)7-11-27-24(30)19-5-9-26-10-6-19;3-2(4,5)1(6)7/h3-6,9-10,14,21H,1-2,7-8,11-13,15-17H2,(H,27,30);(H,6,7). The van der Waals surface area contributed by atoms with Crippen LogP contribution < -0.4 is 10.1 Å². The number of amides is 2. The number of carbonyl (C=O) groups excluding carboxylic acids is 2. The molecule has 0 saturated carbocycles. The average Bonchev–Trinajstić information content (AvgIpc) is 3.32. The van der Waals surface area contributed by atoms with E-state index in [0.29, 0.717) is 37.5 Å². The van der Waals surface area contributed by atoms with Gasteiger partial charge < -0.3 is 24.8 Å². The first-order chi connectivity index (χ1) is 18.6. The maximum absolute atomic E-state index is 12.8. The highest BCUT2D eigenvalue weighted by atomic mass is 19.4. The summed E-state index contributed by atoms with van der Waals surface area (Å²) in [4.78, 5) is 39.8. The lowest BCUT2D eigenvalue weighted by atomic mass is 9.78. The number of alkyl halides is 3. The number of ether oxygens (including phenoxy) is 2. The second-order valence-corrected chi connectivity index (χ2v) is 9.80. The van der Waals surface area contributed by atoms with Crippen LogP contribution in [0.3, 0.4) is 0 Å². The molecule has 39 heavy (non-hydrogen) atoms. The van der Waals surface area contributed by atoms with E-state index in [1.54, 1.807) is 24.5 Å². The Morgan fingerprint density at radius 1 is 1.13 bits per heavy atom. The Morgan fingerprint density at radius 3 is 2.54 bits per heavy atom. The third-order valence-corrected chi connectivity index (χ3v) is 7.16. The Hall–Kier alpha value is -3.67. The minimum atomic E-state index is -5.08. The number of carboxylic acids is 1. The molecule has 4 heterocycles. The number of benzene rings is 1. The molecule has 0 aliphatic carbocycles. The van der Waals surface area contributed by atoms with E-state index in [-0.39, 0.29) is 17.4 Å². The lowest BCUT2D eigenvalue weighted by molar-refractivity contribution is -0.192. The lowest BCUT2D eigenvalue weighted by Gasteiger charge is -2.50. The summed E-state index contributed by atoms with van der Waals surface area (Å²) in [6, 6.07) is 9.52. The van der Waals surface area contributed by atoms with Crippen LogP contribution in [0.4, 0.5) is 13.2 Å². The second kappa shape index (κ2) is 12.0. The van der Waals surface area contributed by atoms with E-state index in [2.05, 4.69) is 16.4 Å². The molecule has 1 spiro atoms. The Labute approximate surface area is 223 Å². The van der Waals surface area contributed by atoms with Crippen molar-refractivity contribution in [3.8, 4) is 5.75 Å². The molecule has 3 aliphatic rings. The van der Waals surface area contributed by atoms with Gasteiger partial charge in [-0.15, -0.1) is 0 Å². The zero-order valence-electron chi connectivity index (χ0n) is 21.2. The minimum absolute atomic E-state index is 0.0822. The van der Waals surface area contributed by atoms with E-state index in [1.807, 2.05) is 17.0 Å². The van der Waals surface area contributed by atoms with Gasteiger partial charge in [0.05, 0.1) is 26.1 Å². The van der Waals surface area contributed by atoms with Crippen LogP contribution in [-0.4, -0.2) is 77.4 Å². The van der Waals surface area contributed by atoms with Gasteiger partial charge in [0, 0.05) is 31.1 Å². The van der Waals surface area contributed by atoms with Gasteiger partial charge in [-0.3, -0.25) is 14.6 Å². The number of aryl methyl sites for hydroxylation is 1. The predicted molar refractivity (Wildman–Crippen MR) is 132 cm³/mol. The third-order valence-electron chi connectivity index (χ3n) is 7.16. The van der Waals surface area contributed by atoms with Crippen molar-refractivity contribution in [1.29, 1.82) is 0 Å². The van der Waals surface area contributed by atoms with Crippen LogP contribution in [-0.2, 0) is 27.2 Å². The van der Waals surface area contributed by atoms with Crippen molar-refractivity contribution in [1.82, 2.24) is 15.2 Å². The topological polar surface area (TPSA) is 118 Å². The van der Waals surface area contributed by atoms with E-state index >= 15 is 0 Å². The summed E-state index contributed by atoms with van der Waals surface area (Å²) in [5, 5.41) is 10.1. The molecule has 1 aromatic carbocycles. The van der Waals surface area contributed by atoms with Gasteiger partial charge in [0.2, 0.25) is 5.91 Å². The van der Waals surface area contributed by atoms with Gasteiger partial charge in [-0.2, -0.15) is 13.2 Å². The molecule has 5 rings (SSSR count). The van der Waals surface area contributed by atoms with Crippen LogP contribution in [0, 0.1) is 5.92 Å². The number of nitrogens with zero attached hydrogens (tertiary/aromatic N) is 2. The number of aliphatic carboxylic acids is 1. The van der Waals surface area contributed by atoms with Crippen molar-refractivity contribution in [3.63, 3.8) is 0 Å². The Balaban J connectivity index is 0.000000448. The normalized spacial score (nSPS) is 19.2. The fourth-order valence-corrected chi connectivity index (χ4v) is 5.09. The van der Waals surface area contributed by atoms with Gasteiger partial charge in [-0.25, -0.2) is 4.79 Å². The molecule has 2 saturated heterocycles. The summed E-state index contributed by atoms with van der Waals surface area (Å²) in [5.74, 6) is -1.39. The molecular weight excluding hydrogens is 519 g/mol. The van der Waals surface area contributed by atoms with Crippen molar-refractivity contribution in [2.45, 2.75) is 43.9 Å². The number of halogens is 3. The minimum Gasteiger partial charge on any atom is -0.493 e. The Morgan fingerprint density at radius 2 is 1.85 bits per heavy atom. The highest BCUT2D eigenvalue weighted by molar-refractivity contribution is 5.93. The molecule has 2 fully saturated rings. The fourth-order valence-electron chi connectivity index (χ4n) is 5.09. The highest BCUT2D eigenvalue weighted by Gasteiger charge is 2.53. The average molecular weight is 550 g/mol. The molecule has 2 aromatic rings. The SMILES string of the molecule is O=C(NCCC1CCOC12CN(C(=O)Cc1ccc3c(c1)CCCO3)C2)c1ccncc1.O=C(O)C(F)(F)F. The first kappa shape index (κ1) is 28.3. The smallest absolute Gasteiger partial charge is 0.490 e. The van der Waals surface area contributed by atoms with Crippen LogP contribution in [0.1, 0.15) is 40.7 Å². The first-order valence-electron chi connectivity index (χ1n) is 12.7. The van der Waals surface area contributed by atoms with Crippen LogP contribution >= 0.6 is 0 Å². The number of hydrogen-bond donors (Lipinski definition) is 2. The molecule has 2 N–H and O–H groups in total. The first-order valence-corrected chi connectivity index (χ1v) is 12.7. The van der Waals surface area contributed by atoms with Crippen molar-refractivity contribution >= 4 is 17.8 Å². The zero-order valence-corrected chi connectivity index (χ0v) is 21.2. The van der Waals surface area contributed by atoms with Crippen molar-refractivity contribution in [2.75, 3.05) is 32.8 Å². The number of fused-ring (bicyclic) bond motifs is 1. The van der Waals surface area contributed by atoms with Crippen molar-refractivity contribution in [2.24, 2.45) is 5.92 Å². The molecule has 1 unspecified atom stereocenters. The predicted octanol–water partition coefficient (Wildman–Crippen LogP) is 3.02. The molecular formula is C27H30F3N3O6. The van der Waals surface area contributed by atoms with Crippen molar-refractivity contribution in [3.05, 3.63) is 59.4 Å². The number of likely N-dealkylation sites (tertiary alicyclic amines) is 1. The van der Waals surface area contributed by atoms with Gasteiger partial charge in [-0.1, -0.05) is 12.1 Å². The summed E-state index contributed by atoms with van der Waals surface area (Å²) in [5.41, 5.74) is 2.62. The molecule has 1 atom stereocenters. The summed E-state index contributed by atoms with van der Waals surface area (Å²) >= 11 is 0. The van der Waals surface area contributed by atoms with E-state index < -0.39 is 12.1 Å². The number of aromatic nitrogens is 1. The number of carboxylic acid groups (broad SMARTS) is 1. The molecule has 2 amide bonds. The summed E-state index contributed by atoms with van der Waals surface area (Å²) in [7, 11) is 0. The van der Waals surface area contributed by atoms with Gasteiger partial charge >= 0.3 is 12.1 Å². The molecule has 210 valence electrons.